The molecule has 16 heavy (non-hydrogen) atoms. The number of anilines is 1. The summed E-state index contributed by atoms with van der Waals surface area (Å²) in [5.41, 5.74) is 7.04. The Morgan fingerprint density at radius 3 is 2.88 bits per heavy atom. The van der Waals surface area contributed by atoms with Gasteiger partial charge in [0.05, 0.1) is 0 Å². The minimum Gasteiger partial charge on any atom is -0.398 e. The van der Waals surface area contributed by atoms with Gasteiger partial charge in [0, 0.05) is 35.2 Å². The second-order valence-corrected chi connectivity index (χ2v) is 4.49. The number of aromatic nitrogens is 2. The highest BCUT2D eigenvalue weighted by molar-refractivity contribution is 9.10. The standard InChI is InChI=1S/C11H12BrN3O/c1-15-5-4-14-11(15)10(16)8-6-7(12)2-3-9(8)13/h2-6,10,16H,13H2,1H3. The van der Waals surface area contributed by atoms with E-state index in [1.54, 1.807) is 29.1 Å². The molecular formula is C11H12BrN3O. The van der Waals surface area contributed by atoms with Crippen molar-refractivity contribution in [3.63, 3.8) is 0 Å². The van der Waals surface area contributed by atoms with Gasteiger partial charge in [-0.05, 0) is 18.2 Å². The van der Waals surface area contributed by atoms with Crippen LogP contribution in [0.2, 0.25) is 0 Å². The van der Waals surface area contributed by atoms with Crippen LogP contribution >= 0.6 is 15.9 Å². The third-order valence-corrected chi connectivity index (χ3v) is 2.94. The molecule has 0 saturated heterocycles. The molecule has 0 fully saturated rings. The lowest BCUT2D eigenvalue weighted by molar-refractivity contribution is 0.207. The molecule has 5 heteroatoms. The Hall–Kier alpha value is -1.33. The quantitative estimate of drug-likeness (QED) is 0.826. The van der Waals surface area contributed by atoms with Crippen molar-refractivity contribution < 1.29 is 5.11 Å². The molecule has 0 radical (unpaired) electrons. The number of aliphatic hydroxyl groups excluding tert-OH is 1. The summed E-state index contributed by atoms with van der Waals surface area (Å²) in [5, 5.41) is 10.2. The fraction of sp³-hybridized carbons (Fsp3) is 0.182. The Morgan fingerprint density at radius 1 is 1.50 bits per heavy atom. The van der Waals surface area contributed by atoms with Gasteiger partial charge in [0.15, 0.2) is 0 Å². The lowest BCUT2D eigenvalue weighted by Gasteiger charge is -2.13. The Labute approximate surface area is 102 Å². The first kappa shape index (κ1) is 11.2. The first-order valence-corrected chi connectivity index (χ1v) is 5.59. The molecule has 0 saturated carbocycles. The van der Waals surface area contributed by atoms with Gasteiger partial charge in [-0.2, -0.15) is 0 Å². The number of imidazole rings is 1. The first-order valence-electron chi connectivity index (χ1n) is 4.80. The second kappa shape index (κ2) is 4.27. The predicted molar refractivity (Wildman–Crippen MR) is 65.8 cm³/mol. The number of halogens is 1. The van der Waals surface area contributed by atoms with Crippen LogP contribution in [-0.4, -0.2) is 14.7 Å². The fourth-order valence-corrected chi connectivity index (χ4v) is 1.94. The summed E-state index contributed by atoms with van der Waals surface area (Å²) >= 11 is 3.35. The van der Waals surface area contributed by atoms with Gasteiger partial charge in [-0.25, -0.2) is 4.98 Å². The Kier molecular flexibility index (Phi) is 2.98. The smallest absolute Gasteiger partial charge is 0.142 e. The summed E-state index contributed by atoms with van der Waals surface area (Å²) < 4.78 is 2.65. The van der Waals surface area contributed by atoms with Crippen molar-refractivity contribution in [2.75, 3.05) is 5.73 Å². The fourth-order valence-electron chi connectivity index (χ4n) is 1.56. The van der Waals surface area contributed by atoms with Crippen LogP contribution in [0, 0.1) is 0 Å². The lowest BCUT2D eigenvalue weighted by atomic mass is 10.1. The highest BCUT2D eigenvalue weighted by atomic mass is 79.9. The van der Waals surface area contributed by atoms with E-state index < -0.39 is 6.10 Å². The molecule has 84 valence electrons. The van der Waals surface area contributed by atoms with Gasteiger partial charge >= 0.3 is 0 Å². The summed E-state index contributed by atoms with van der Waals surface area (Å²) in [5.74, 6) is 0.574. The van der Waals surface area contributed by atoms with Crippen molar-refractivity contribution in [1.29, 1.82) is 0 Å². The molecule has 0 amide bonds. The van der Waals surface area contributed by atoms with Gasteiger partial charge in [0.1, 0.15) is 11.9 Å². The number of nitrogens with two attached hydrogens (primary N) is 1. The monoisotopic (exact) mass is 281 g/mol. The van der Waals surface area contributed by atoms with Crippen LogP contribution in [0.1, 0.15) is 17.5 Å². The number of benzene rings is 1. The van der Waals surface area contributed by atoms with Crippen molar-refractivity contribution in [1.82, 2.24) is 9.55 Å². The lowest BCUT2D eigenvalue weighted by Crippen LogP contribution is -2.09. The molecule has 0 aliphatic rings. The largest absolute Gasteiger partial charge is 0.398 e. The highest BCUT2D eigenvalue weighted by Gasteiger charge is 2.17. The molecule has 1 atom stereocenters. The van der Waals surface area contributed by atoms with Gasteiger partial charge in [-0.3, -0.25) is 0 Å². The zero-order chi connectivity index (χ0) is 11.7. The van der Waals surface area contributed by atoms with Crippen LogP contribution in [0.15, 0.2) is 35.1 Å². The first-order chi connectivity index (χ1) is 7.59. The number of aryl methyl sites for hydroxylation is 1. The predicted octanol–water partition coefficient (Wildman–Crippen LogP) is 1.85. The van der Waals surface area contributed by atoms with Crippen LogP contribution in [0.4, 0.5) is 5.69 Å². The number of nitrogens with zero attached hydrogens (tertiary/aromatic N) is 2. The molecule has 2 rings (SSSR count). The Balaban J connectivity index is 2.45. The molecule has 0 bridgehead atoms. The van der Waals surface area contributed by atoms with Crippen LogP contribution < -0.4 is 5.73 Å². The normalized spacial score (nSPS) is 12.7. The molecule has 1 unspecified atom stereocenters. The average Bonchev–Trinajstić information content (AvgIpc) is 2.67. The number of rotatable bonds is 2. The third-order valence-electron chi connectivity index (χ3n) is 2.45. The zero-order valence-corrected chi connectivity index (χ0v) is 10.3. The van der Waals surface area contributed by atoms with E-state index in [1.807, 2.05) is 13.1 Å². The number of hydrogen-bond acceptors (Lipinski definition) is 3. The molecular weight excluding hydrogens is 270 g/mol. The molecule has 0 spiro atoms. The number of hydrogen-bond donors (Lipinski definition) is 2. The third kappa shape index (κ3) is 1.96. The maximum Gasteiger partial charge on any atom is 0.142 e. The van der Waals surface area contributed by atoms with E-state index >= 15 is 0 Å². The van der Waals surface area contributed by atoms with Crippen LogP contribution in [0.3, 0.4) is 0 Å². The van der Waals surface area contributed by atoms with E-state index in [0.29, 0.717) is 17.1 Å². The van der Waals surface area contributed by atoms with Crippen LogP contribution in [-0.2, 0) is 7.05 Å². The maximum atomic E-state index is 10.2. The van der Waals surface area contributed by atoms with E-state index in [0.717, 1.165) is 4.47 Å². The second-order valence-electron chi connectivity index (χ2n) is 3.57. The van der Waals surface area contributed by atoms with E-state index in [-0.39, 0.29) is 0 Å². The molecule has 0 aliphatic heterocycles. The molecule has 1 aromatic heterocycles. The summed E-state index contributed by atoms with van der Waals surface area (Å²) in [6, 6.07) is 5.39. The van der Waals surface area contributed by atoms with Crippen LogP contribution in [0.5, 0.6) is 0 Å². The molecule has 0 aliphatic carbocycles. The zero-order valence-electron chi connectivity index (χ0n) is 8.76. The van der Waals surface area contributed by atoms with Gasteiger partial charge in [-0.15, -0.1) is 0 Å². The van der Waals surface area contributed by atoms with Crippen molar-refractivity contribution in [3.8, 4) is 0 Å². The van der Waals surface area contributed by atoms with E-state index in [4.69, 9.17) is 5.73 Å². The SMILES string of the molecule is Cn1ccnc1C(O)c1cc(Br)ccc1N. The summed E-state index contributed by atoms with van der Waals surface area (Å²) in [6.07, 6.45) is 2.62. The number of nitrogen functional groups attached to an aromatic ring is 1. The van der Waals surface area contributed by atoms with Gasteiger partial charge < -0.3 is 15.4 Å². The summed E-state index contributed by atoms with van der Waals surface area (Å²) in [7, 11) is 1.83. The topological polar surface area (TPSA) is 64.1 Å². The minimum atomic E-state index is -0.808. The van der Waals surface area contributed by atoms with Gasteiger partial charge in [0.25, 0.3) is 0 Å². The number of aliphatic hydroxyl groups is 1. The van der Waals surface area contributed by atoms with Crippen molar-refractivity contribution >= 4 is 21.6 Å². The summed E-state index contributed by atoms with van der Waals surface area (Å²) in [6.45, 7) is 0. The highest BCUT2D eigenvalue weighted by Crippen LogP contribution is 2.28. The van der Waals surface area contributed by atoms with Crippen molar-refractivity contribution in [3.05, 3.63) is 46.5 Å². The van der Waals surface area contributed by atoms with Crippen LogP contribution in [0.25, 0.3) is 0 Å². The molecule has 3 N–H and O–H groups in total. The van der Waals surface area contributed by atoms with Crippen molar-refractivity contribution in [2.24, 2.45) is 7.05 Å². The van der Waals surface area contributed by atoms with E-state index in [1.165, 1.54) is 0 Å². The van der Waals surface area contributed by atoms with E-state index in [2.05, 4.69) is 20.9 Å². The maximum absolute atomic E-state index is 10.2. The van der Waals surface area contributed by atoms with E-state index in [9.17, 15) is 5.11 Å². The molecule has 1 heterocycles. The average molecular weight is 282 g/mol. The molecule has 2 aromatic rings. The van der Waals surface area contributed by atoms with Crippen molar-refractivity contribution in [2.45, 2.75) is 6.10 Å². The Bertz CT molecular complexity index is 510. The molecule has 4 nitrogen and oxygen atoms in total. The molecule has 1 aromatic carbocycles. The van der Waals surface area contributed by atoms with Gasteiger partial charge in [0.2, 0.25) is 0 Å². The minimum absolute atomic E-state index is 0.554. The van der Waals surface area contributed by atoms with Gasteiger partial charge in [-0.1, -0.05) is 15.9 Å². The summed E-state index contributed by atoms with van der Waals surface area (Å²) in [4.78, 5) is 4.10. The Morgan fingerprint density at radius 2 is 2.25 bits per heavy atom.